The standard InChI is InChI=1S/C14H19NO4S/c1-10(20(3,17)18)14(16)15-8-4-5-11-9-12(19-2)6-7-13(11)15/h6-7,9-10H,4-5,8H2,1-3H3/t10-/m0/s1. The van der Waals surface area contributed by atoms with Gasteiger partial charge in [-0.1, -0.05) is 0 Å². The summed E-state index contributed by atoms with van der Waals surface area (Å²) in [5.74, 6) is 0.382. The normalized spacial score (nSPS) is 16.4. The Labute approximate surface area is 119 Å². The van der Waals surface area contributed by atoms with Crippen LogP contribution in [0.2, 0.25) is 0 Å². The zero-order chi connectivity index (χ0) is 14.9. The van der Waals surface area contributed by atoms with E-state index in [0.717, 1.165) is 36.1 Å². The van der Waals surface area contributed by atoms with Gasteiger partial charge in [0.1, 0.15) is 11.0 Å². The topological polar surface area (TPSA) is 63.7 Å². The van der Waals surface area contributed by atoms with Gasteiger partial charge in [-0.25, -0.2) is 8.42 Å². The lowest BCUT2D eigenvalue weighted by Crippen LogP contribution is -2.43. The fourth-order valence-electron chi connectivity index (χ4n) is 2.33. The van der Waals surface area contributed by atoms with E-state index in [1.165, 1.54) is 6.92 Å². The molecule has 1 aliphatic heterocycles. The molecule has 1 aliphatic rings. The number of amides is 1. The number of nitrogens with zero attached hydrogens (tertiary/aromatic N) is 1. The van der Waals surface area contributed by atoms with Gasteiger partial charge in [0.2, 0.25) is 5.91 Å². The van der Waals surface area contributed by atoms with Crippen LogP contribution in [-0.4, -0.2) is 39.5 Å². The molecule has 0 aromatic heterocycles. The molecule has 110 valence electrons. The minimum absolute atomic E-state index is 0.362. The number of methoxy groups -OCH3 is 1. The largest absolute Gasteiger partial charge is 0.497 e. The maximum absolute atomic E-state index is 12.4. The second-order valence-corrected chi connectivity index (χ2v) is 7.43. The van der Waals surface area contributed by atoms with Gasteiger partial charge in [0, 0.05) is 18.5 Å². The molecule has 0 saturated heterocycles. The SMILES string of the molecule is COc1ccc2c(c1)CCCN2C(=O)[C@H](C)S(C)(=O)=O. The van der Waals surface area contributed by atoms with Crippen LogP contribution in [0.5, 0.6) is 5.75 Å². The van der Waals surface area contributed by atoms with Crippen molar-refractivity contribution in [1.29, 1.82) is 0 Å². The monoisotopic (exact) mass is 297 g/mol. The fraction of sp³-hybridized carbons (Fsp3) is 0.500. The minimum Gasteiger partial charge on any atom is -0.497 e. The second-order valence-electron chi connectivity index (χ2n) is 5.06. The van der Waals surface area contributed by atoms with E-state index in [-0.39, 0.29) is 5.91 Å². The molecule has 1 amide bonds. The van der Waals surface area contributed by atoms with E-state index in [4.69, 9.17) is 4.74 Å². The first-order valence-electron chi connectivity index (χ1n) is 6.51. The van der Waals surface area contributed by atoms with Crippen LogP contribution in [0.1, 0.15) is 18.9 Å². The van der Waals surface area contributed by atoms with Crippen molar-refractivity contribution in [1.82, 2.24) is 0 Å². The molecule has 2 rings (SSSR count). The van der Waals surface area contributed by atoms with Crippen LogP contribution in [0, 0.1) is 0 Å². The van der Waals surface area contributed by atoms with Crippen molar-refractivity contribution in [3.8, 4) is 5.75 Å². The van der Waals surface area contributed by atoms with Crippen LogP contribution in [-0.2, 0) is 21.1 Å². The molecule has 0 spiro atoms. The highest BCUT2D eigenvalue weighted by Crippen LogP contribution is 2.31. The molecule has 20 heavy (non-hydrogen) atoms. The number of anilines is 1. The Morgan fingerprint density at radius 3 is 2.70 bits per heavy atom. The number of ether oxygens (including phenoxy) is 1. The Balaban J connectivity index is 2.36. The fourth-order valence-corrected chi connectivity index (χ4v) is 2.83. The number of rotatable bonds is 3. The molecule has 1 aromatic carbocycles. The first kappa shape index (κ1) is 14.8. The Morgan fingerprint density at radius 1 is 1.40 bits per heavy atom. The van der Waals surface area contributed by atoms with Gasteiger partial charge in [0.05, 0.1) is 7.11 Å². The molecule has 0 aliphatic carbocycles. The number of hydrogen-bond donors (Lipinski definition) is 0. The quantitative estimate of drug-likeness (QED) is 0.846. The number of fused-ring (bicyclic) bond motifs is 1. The van der Waals surface area contributed by atoms with Crippen LogP contribution >= 0.6 is 0 Å². The lowest BCUT2D eigenvalue weighted by atomic mass is 10.0. The molecule has 0 saturated carbocycles. The highest BCUT2D eigenvalue weighted by atomic mass is 32.2. The highest BCUT2D eigenvalue weighted by Gasteiger charge is 2.31. The van der Waals surface area contributed by atoms with E-state index in [1.54, 1.807) is 18.1 Å². The summed E-state index contributed by atoms with van der Waals surface area (Å²) in [7, 11) is -1.79. The van der Waals surface area contributed by atoms with Gasteiger partial charge in [-0.2, -0.15) is 0 Å². The van der Waals surface area contributed by atoms with Gasteiger partial charge in [-0.3, -0.25) is 4.79 Å². The number of carbonyl (C=O) groups is 1. The molecule has 0 bridgehead atoms. The predicted molar refractivity (Wildman–Crippen MR) is 78.0 cm³/mol. The molecule has 0 radical (unpaired) electrons. The van der Waals surface area contributed by atoms with E-state index >= 15 is 0 Å². The third-order valence-corrected chi connectivity index (χ3v) is 5.15. The van der Waals surface area contributed by atoms with Crippen LogP contribution in [0.15, 0.2) is 18.2 Å². The molecule has 5 nitrogen and oxygen atoms in total. The molecule has 0 unspecified atom stereocenters. The molecule has 1 heterocycles. The van der Waals surface area contributed by atoms with Gasteiger partial charge in [-0.15, -0.1) is 0 Å². The second kappa shape index (κ2) is 5.44. The van der Waals surface area contributed by atoms with Crippen molar-refractivity contribution in [3.05, 3.63) is 23.8 Å². The van der Waals surface area contributed by atoms with Gasteiger partial charge in [0.15, 0.2) is 9.84 Å². The van der Waals surface area contributed by atoms with Crippen LogP contribution in [0.3, 0.4) is 0 Å². The summed E-state index contributed by atoms with van der Waals surface area (Å²) in [6.07, 6.45) is 2.78. The van der Waals surface area contributed by atoms with E-state index < -0.39 is 15.1 Å². The van der Waals surface area contributed by atoms with Crippen molar-refractivity contribution in [2.45, 2.75) is 25.0 Å². The maximum Gasteiger partial charge on any atom is 0.245 e. The van der Waals surface area contributed by atoms with Gasteiger partial charge < -0.3 is 9.64 Å². The average Bonchev–Trinajstić information content (AvgIpc) is 2.43. The molecule has 1 aromatic rings. The Hall–Kier alpha value is -1.56. The molecule has 0 N–H and O–H groups in total. The number of benzene rings is 1. The smallest absolute Gasteiger partial charge is 0.245 e. The third kappa shape index (κ3) is 2.80. The summed E-state index contributed by atoms with van der Waals surface area (Å²) in [6, 6.07) is 5.51. The third-order valence-electron chi connectivity index (χ3n) is 3.66. The zero-order valence-electron chi connectivity index (χ0n) is 11.9. The van der Waals surface area contributed by atoms with E-state index in [9.17, 15) is 13.2 Å². The van der Waals surface area contributed by atoms with Crippen LogP contribution in [0.4, 0.5) is 5.69 Å². The first-order chi connectivity index (χ1) is 9.34. The molecular formula is C14H19NO4S. The van der Waals surface area contributed by atoms with E-state index in [2.05, 4.69) is 0 Å². The average molecular weight is 297 g/mol. The van der Waals surface area contributed by atoms with Crippen molar-refractivity contribution in [3.63, 3.8) is 0 Å². The predicted octanol–water partition coefficient (Wildman–Crippen LogP) is 1.41. The first-order valence-corrected chi connectivity index (χ1v) is 8.47. The molecule has 6 heteroatoms. The van der Waals surface area contributed by atoms with Gasteiger partial charge in [-0.05, 0) is 43.5 Å². The van der Waals surface area contributed by atoms with Crippen molar-refractivity contribution >= 4 is 21.4 Å². The number of hydrogen-bond acceptors (Lipinski definition) is 4. The summed E-state index contributed by atoms with van der Waals surface area (Å²) < 4.78 is 28.3. The van der Waals surface area contributed by atoms with Crippen LogP contribution < -0.4 is 9.64 Å². The zero-order valence-corrected chi connectivity index (χ0v) is 12.7. The molecule has 1 atom stereocenters. The number of carbonyl (C=O) groups excluding carboxylic acids is 1. The Bertz CT molecular complexity index is 624. The summed E-state index contributed by atoms with van der Waals surface area (Å²) >= 11 is 0. The molecular weight excluding hydrogens is 278 g/mol. The van der Waals surface area contributed by atoms with Crippen molar-refractivity contribution in [2.75, 3.05) is 24.8 Å². The van der Waals surface area contributed by atoms with Crippen molar-refractivity contribution < 1.29 is 17.9 Å². The Kier molecular flexibility index (Phi) is 4.04. The maximum atomic E-state index is 12.4. The summed E-state index contributed by atoms with van der Waals surface area (Å²) in [5.41, 5.74) is 1.81. The number of sulfone groups is 1. The highest BCUT2D eigenvalue weighted by molar-refractivity contribution is 7.92. The van der Waals surface area contributed by atoms with Gasteiger partial charge in [0.25, 0.3) is 0 Å². The number of aryl methyl sites for hydroxylation is 1. The Morgan fingerprint density at radius 2 is 2.10 bits per heavy atom. The lowest BCUT2D eigenvalue weighted by molar-refractivity contribution is -0.118. The van der Waals surface area contributed by atoms with Crippen molar-refractivity contribution in [2.24, 2.45) is 0 Å². The minimum atomic E-state index is -3.38. The molecule has 0 fully saturated rings. The van der Waals surface area contributed by atoms with Crippen LogP contribution in [0.25, 0.3) is 0 Å². The summed E-state index contributed by atoms with van der Waals surface area (Å²) in [5, 5.41) is -1.02. The van der Waals surface area contributed by atoms with E-state index in [1.807, 2.05) is 12.1 Å². The summed E-state index contributed by atoms with van der Waals surface area (Å²) in [6.45, 7) is 1.99. The van der Waals surface area contributed by atoms with Gasteiger partial charge >= 0.3 is 0 Å². The summed E-state index contributed by atoms with van der Waals surface area (Å²) in [4.78, 5) is 14.0. The van der Waals surface area contributed by atoms with E-state index in [0.29, 0.717) is 6.54 Å². The lowest BCUT2D eigenvalue weighted by Gasteiger charge is -2.31.